The normalized spacial score (nSPS) is 21.4. The molecule has 0 aromatic carbocycles. The van der Waals surface area contributed by atoms with Gasteiger partial charge in [0, 0.05) is 32.5 Å². The fourth-order valence-electron chi connectivity index (χ4n) is 3.49. The molecule has 1 aromatic heterocycles. The molecule has 0 bridgehead atoms. The van der Waals surface area contributed by atoms with E-state index in [1.165, 1.54) is 6.42 Å². The zero-order valence-corrected chi connectivity index (χ0v) is 14.0. The van der Waals surface area contributed by atoms with Gasteiger partial charge in [-0.2, -0.15) is 0 Å². The number of aromatic nitrogens is 2. The van der Waals surface area contributed by atoms with E-state index in [4.69, 9.17) is 0 Å². The van der Waals surface area contributed by atoms with E-state index in [1.54, 1.807) is 6.20 Å². The molecule has 1 fully saturated rings. The molecular weight excluding hydrogens is 292 g/mol. The van der Waals surface area contributed by atoms with Crippen LogP contribution in [-0.4, -0.2) is 39.4 Å². The number of amides is 2. The van der Waals surface area contributed by atoms with Crippen LogP contribution in [0.5, 0.6) is 0 Å². The Morgan fingerprint density at radius 3 is 3.00 bits per heavy atom. The van der Waals surface area contributed by atoms with Gasteiger partial charge in [0.2, 0.25) is 11.8 Å². The molecule has 1 saturated heterocycles. The highest BCUT2D eigenvalue weighted by Crippen LogP contribution is 2.23. The van der Waals surface area contributed by atoms with Crippen LogP contribution in [0.1, 0.15) is 45.4 Å². The Kier molecular flexibility index (Phi) is 4.68. The van der Waals surface area contributed by atoms with Crippen molar-refractivity contribution in [3.05, 3.63) is 12.0 Å². The molecular formula is C17H26N4O2. The first-order valence-corrected chi connectivity index (χ1v) is 8.67. The molecule has 1 atom stereocenters. The van der Waals surface area contributed by atoms with Crippen molar-refractivity contribution in [2.24, 2.45) is 11.8 Å². The third-order valence-corrected chi connectivity index (χ3v) is 4.68. The highest BCUT2D eigenvalue weighted by molar-refractivity contribution is 5.93. The Morgan fingerprint density at radius 2 is 2.22 bits per heavy atom. The zero-order valence-electron chi connectivity index (χ0n) is 14.0. The van der Waals surface area contributed by atoms with E-state index in [9.17, 15) is 9.59 Å². The lowest BCUT2D eigenvalue weighted by atomic mass is 9.96. The molecule has 3 rings (SSSR count). The monoisotopic (exact) mass is 318 g/mol. The molecule has 6 nitrogen and oxygen atoms in total. The van der Waals surface area contributed by atoms with Gasteiger partial charge in [-0.15, -0.1) is 0 Å². The third-order valence-electron chi connectivity index (χ3n) is 4.68. The Morgan fingerprint density at radius 1 is 1.39 bits per heavy atom. The molecule has 23 heavy (non-hydrogen) atoms. The number of likely N-dealkylation sites (tertiary alicyclic amines) is 1. The molecule has 1 N–H and O–H groups in total. The quantitative estimate of drug-likeness (QED) is 0.924. The molecule has 6 heteroatoms. The minimum atomic E-state index is -0.124. The number of nitrogens with one attached hydrogen (secondary N) is 1. The molecule has 2 aliphatic heterocycles. The summed E-state index contributed by atoms with van der Waals surface area (Å²) in [6.45, 7) is 6.37. The van der Waals surface area contributed by atoms with Crippen LogP contribution in [-0.2, 0) is 22.6 Å². The molecule has 0 spiro atoms. The number of fused-ring (bicyclic) bond motifs is 1. The van der Waals surface area contributed by atoms with Gasteiger partial charge in [-0.1, -0.05) is 13.8 Å². The summed E-state index contributed by atoms with van der Waals surface area (Å²) in [6, 6.07) is 0. The van der Waals surface area contributed by atoms with E-state index in [0.29, 0.717) is 25.3 Å². The lowest BCUT2D eigenvalue weighted by molar-refractivity contribution is -0.137. The van der Waals surface area contributed by atoms with Crippen molar-refractivity contribution in [1.82, 2.24) is 14.5 Å². The number of imidazole rings is 1. The summed E-state index contributed by atoms with van der Waals surface area (Å²) in [4.78, 5) is 30.8. The van der Waals surface area contributed by atoms with Gasteiger partial charge in [0.25, 0.3) is 0 Å². The van der Waals surface area contributed by atoms with Gasteiger partial charge in [0.15, 0.2) is 0 Å². The van der Waals surface area contributed by atoms with E-state index in [-0.39, 0.29) is 17.7 Å². The van der Waals surface area contributed by atoms with Gasteiger partial charge in [0.1, 0.15) is 11.6 Å². The predicted molar refractivity (Wildman–Crippen MR) is 87.9 cm³/mol. The fourth-order valence-corrected chi connectivity index (χ4v) is 3.49. The topological polar surface area (TPSA) is 67.2 Å². The second-order valence-corrected chi connectivity index (χ2v) is 7.09. The molecule has 0 radical (unpaired) electrons. The average molecular weight is 318 g/mol. The van der Waals surface area contributed by atoms with Gasteiger partial charge < -0.3 is 14.8 Å². The van der Waals surface area contributed by atoms with Crippen LogP contribution in [0.4, 0.5) is 5.82 Å². The van der Waals surface area contributed by atoms with Gasteiger partial charge >= 0.3 is 0 Å². The summed E-state index contributed by atoms with van der Waals surface area (Å²) in [5.41, 5.74) is 0. The van der Waals surface area contributed by atoms with Gasteiger partial charge in [-0.3, -0.25) is 9.59 Å². The van der Waals surface area contributed by atoms with Gasteiger partial charge in [-0.25, -0.2) is 4.98 Å². The molecule has 0 aliphatic carbocycles. The Bertz CT molecular complexity index is 593. The van der Waals surface area contributed by atoms with Crippen molar-refractivity contribution in [3.63, 3.8) is 0 Å². The minimum Gasteiger partial charge on any atom is -0.342 e. The van der Waals surface area contributed by atoms with Crippen molar-refractivity contribution in [1.29, 1.82) is 0 Å². The molecule has 2 amide bonds. The summed E-state index contributed by atoms with van der Waals surface area (Å²) in [6.07, 6.45) is 6.15. The van der Waals surface area contributed by atoms with Crippen LogP contribution >= 0.6 is 0 Å². The maximum atomic E-state index is 12.6. The first-order valence-electron chi connectivity index (χ1n) is 8.67. The number of piperidine rings is 1. The number of hydrogen-bond donors (Lipinski definition) is 1. The second-order valence-electron chi connectivity index (χ2n) is 7.09. The number of carbonyl (C=O) groups is 2. The molecule has 1 aromatic rings. The summed E-state index contributed by atoms with van der Waals surface area (Å²) in [5.74, 6) is 2.34. The summed E-state index contributed by atoms with van der Waals surface area (Å²) in [5, 5.41) is 3.03. The van der Waals surface area contributed by atoms with Crippen molar-refractivity contribution in [2.75, 3.05) is 18.4 Å². The number of carbonyl (C=O) groups excluding carboxylic acids is 2. The van der Waals surface area contributed by atoms with E-state index >= 15 is 0 Å². The van der Waals surface area contributed by atoms with E-state index in [1.807, 2.05) is 4.90 Å². The highest BCUT2D eigenvalue weighted by atomic mass is 16.2. The molecule has 2 aliphatic rings. The van der Waals surface area contributed by atoms with Crippen LogP contribution in [0.3, 0.4) is 0 Å². The van der Waals surface area contributed by atoms with Crippen LogP contribution in [0, 0.1) is 11.8 Å². The summed E-state index contributed by atoms with van der Waals surface area (Å²) in [7, 11) is 0. The van der Waals surface area contributed by atoms with E-state index < -0.39 is 0 Å². The number of anilines is 1. The van der Waals surface area contributed by atoms with Crippen LogP contribution in [0.25, 0.3) is 0 Å². The summed E-state index contributed by atoms with van der Waals surface area (Å²) < 4.78 is 2.11. The smallest absolute Gasteiger partial charge is 0.230 e. The predicted octanol–water partition coefficient (Wildman–Crippen LogP) is 2.05. The SMILES string of the molecule is CC(C)CN1C[C@H](C(=O)Nc2cnc3n2CCCC3)CCC1=O. The van der Waals surface area contributed by atoms with Crippen molar-refractivity contribution in [3.8, 4) is 0 Å². The number of hydrogen-bond acceptors (Lipinski definition) is 3. The number of aryl methyl sites for hydroxylation is 1. The van der Waals surface area contributed by atoms with E-state index in [2.05, 4.69) is 28.7 Å². The largest absolute Gasteiger partial charge is 0.342 e. The summed E-state index contributed by atoms with van der Waals surface area (Å²) >= 11 is 0. The lowest BCUT2D eigenvalue weighted by Gasteiger charge is -2.33. The standard InChI is InChI=1S/C17H26N4O2/c1-12(2)10-20-11-13(6-7-16(20)22)17(23)19-15-9-18-14-5-3-4-8-21(14)15/h9,12-13H,3-8,10-11H2,1-2H3,(H,19,23)/t13-/m1/s1. The Labute approximate surface area is 137 Å². The molecule has 0 unspecified atom stereocenters. The van der Waals surface area contributed by atoms with Crippen molar-refractivity contribution in [2.45, 2.75) is 52.5 Å². The van der Waals surface area contributed by atoms with E-state index in [0.717, 1.165) is 37.6 Å². The average Bonchev–Trinajstić information content (AvgIpc) is 2.92. The van der Waals surface area contributed by atoms with Crippen molar-refractivity contribution >= 4 is 17.6 Å². The zero-order chi connectivity index (χ0) is 16.4. The van der Waals surface area contributed by atoms with Gasteiger partial charge in [0.05, 0.1) is 12.1 Å². The first-order chi connectivity index (χ1) is 11.0. The lowest BCUT2D eigenvalue weighted by Crippen LogP contribution is -2.45. The molecule has 3 heterocycles. The van der Waals surface area contributed by atoms with Crippen LogP contribution < -0.4 is 5.32 Å². The number of nitrogens with zero attached hydrogens (tertiary/aromatic N) is 3. The third kappa shape index (κ3) is 3.57. The van der Waals surface area contributed by atoms with Crippen LogP contribution in [0.15, 0.2) is 6.20 Å². The molecule has 0 saturated carbocycles. The minimum absolute atomic E-state index is 0.0135. The first kappa shape index (κ1) is 16.0. The fraction of sp³-hybridized carbons (Fsp3) is 0.706. The van der Waals surface area contributed by atoms with Crippen LogP contribution in [0.2, 0.25) is 0 Å². The highest BCUT2D eigenvalue weighted by Gasteiger charge is 2.31. The Balaban J connectivity index is 1.64. The maximum absolute atomic E-state index is 12.6. The number of rotatable bonds is 4. The second kappa shape index (κ2) is 6.72. The molecule has 126 valence electrons. The Hall–Kier alpha value is -1.85. The maximum Gasteiger partial charge on any atom is 0.230 e. The van der Waals surface area contributed by atoms with Gasteiger partial charge in [-0.05, 0) is 25.2 Å². The van der Waals surface area contributed by atoms with Crippen molar-refractivity contribution < 1.29 is 9.59 Å².